The molecule has 7 heteroatoms. The van der Waals surface area contributed by atoms with Crippen molar-refractivity contribution in [3.05, 3.63) is 206 Å². The number of benzene rings is 8. The Labute approximate surface area is 356 Å². The number of thiophene rings is 1. The van der Waals surface area contributed by atoms with Crippen LogP contribution in [0.3, 0.4) is 0 Å². The summed E-state index contributed by atoms with van der Waals surface area (Å²) in [7, 11) is 0. The van der Waals surface area contributed by atoms with Crippen LogP contribution in [0.2, 0.25) is 0 Å². The summed E-state index contributed by atoms with van der Waals surface area (Å²) in [6, 6.07) is 70.8. The van der Waals surface area contributed by atoms with Gasteiger partial charge in [-0.05, 0) is 46.5 Å². The maximum absolute atomic E-state index is 4.92. The Balaban J connectivity index is 0.904. The fourth-order valence-corrected chi connectivity index (χ4v) is 8.70. The molecular weight excluding hydrogens is 765 g/mol. The maximum Gasteiger partial charge on any atom is 0.164 e. The lowest BCUT2D eigenvalue weighted by atomic mass is 9.99. The summed E-state index contributed by atoms with van der Waals surface area (Å²) >= 11 is 1.82. The zero-order valence-corrected chi connectivity index (χ0v) is 33.5. The van der Waals surface area contributed by atoms with Crippen molar-refractivity contribution < 1.29 is 0 Å². The molecule has 8 aromatic carbocycles. The Hall–Kier alpha value is -8.00. The van der Waals surface area contributed by atoms with Gasteiger partial charge in [0.25, 0.3) is 0 Å². The summed E-state index contributed by atoms with van der Waals surface area (Å²) in [5.74, 6) is 3.88. The summed E-state index contributed by atoms with van der Waals surface area (Å²) in [6.45, 7) is 0. The van der Waals surface area contributed by atoms with Gasteiger partial charge in [-0.3, -0.25) is 0 Å². The second-order valence-electron chi connectivity index (χ2n) is 14.8. The van der Waals surface area contributed by atoms with E-state index in [9.17, 15) is 0 Å². The lowest BCUT2D eigenvalue weighted by Gasteiger charge is -2.09. The van der Waals surface area contributed by atoms with Crippen LogP contribution in [0.5, 0.6) is 0 Å². The van der Waals surface area contributed by atoms with Gasteiger partial charge in [0.15, 0.2) is 34.9 Å². The average molecular weight is 799 g/mol. The van der Waals surface area contributed by atoms with Gasteiger partial charge in [-0.25, -0.2) is 29.9 Å². The highest BCUT2D eigenvalue weighted by Gasteiger charge is 2.15. The van der Waals surface area contributed by atoms with E-state index < -0.39 is 0 Å². The third-order valence-electron chi connectivity index (χ3n) is 10.8. The molecule has 3 aromatic heterocycles. The van der Waals surface area contributed by atoms with Crippen molar-refractivity contribution in [1.29, 1.82) is 0 Å². The molecule has 61 heavy (non-hydrogen) atoms. The average Bonchev–Trinajstić information content (AvgIpc) is 3.72. The van der Waals surface area contributed by atoms with E-state index in [4.69, 9.17) is 29.9 Å². The molecule has 11 aromatic rings. The van der Waals surface area contributed by atoms with Crippen molar-refractivity contribution in [1.82, 2.24) is 29.9 Å². The number of nitrogens with zero attached hydrogens (tertiary/aromatic N) is 6. The largest absolute Gasteiger partial charge is 0.208 e. The van der Waals surface area contributed by atoms with Gasteiger partial charge in [-0.2, -0.15) is 0 Å². The first-order chi connectivity index (χ1) is 30.2. The number of aromatic nitrogens is 6. The minimum atomic E-state index is 0.640. The lowest BCUT2D eigenvalue weighted by molar-refractivity contribution is 1.07. The molecule has 11 rings (SSSR count). The van der Waals surface area contributed by atoms with E-state index in [1.807, 2.05) is 133 Å². The molecular formula is C54H34N6S. The van der Waals surface area contributed by atoms with Gasteiger partial charge >= 0.3 is 0 Å². The van der Waals surface area contributed by atoms with Gasteiger partial charge < -0.3 is 0 Å². The normalized spacial score (nSPS) is 11.3. The molecule has 0 amide bonds. The lowest BCUT2D eigenvalue weighted by Crippen LogP contribution is -2.00. The number of rotatable bonds is 8. The maximum atomic E-state index is 4.92. The smallest absolute Gasteiger partial charge is 0.164 e. The van der Waals surface area contributed by atoms with Crippen LogP contribution in [0.4, 0.5) is 0 Å². The zero-order chi connectivity index (χ0) is 40.5. The van der Waals surface area contributed by atoms with Crippen molar-refractivity contribution in [2.75, 3.05) is 0 Å². The third kappa shape index (κ3) is 7.24. The quantitative estimate of drug-likeness (QED) is 0.152. The van der Waals surface area contributed by atoms with Crippen molar-refractivity contribution in [3.8, 4) is 90.6 Å². The predicted molar refractivity (Wildman–Crippen MR) is 250 cm³/mol. The monoisotopic (exact) mass is 798 g/mol. The molecule has 6 nitrogen and oxygen atoms in total. The van der Waals surface area contributed by atoms with Crippen molar-refractivity contribution in [2.45, 2.75) is 0 Å². The fraction of sp³-hybridized carbons (Fsp3) is 0. The van der Waals surface area contributed by atoms with Crippen LogP contribution in [-0.2, 0) is 0 Å². The van der Waals surface area contributed by atoms with Crippen molar-refractivity contribution in [3.63, 3.8) is 0 Å². The molecule has 0 unspecified atom stereocenters. The van der Waals surface area contributed by atoms with Gasteiger partial charge in [0.1, 0.15) is 0 Å². The summed E-state index contributed by atoms with van der Waals surface area (Å²) in [4.78, 5) is 29.4. The molecule has 0 N–H and O–H groups in total. The van der Waals surface area contributed by atoms with Crippen LogP contribution >= 0.6 is 11.3 Å². The van der Waals surface area contributed by atoms with Crippen molar-refractivity contribution >= 4 is 31.5 Å². The molecule has 0 aliphatic rings. The van der Waals surface area contributed by atoms with E-state index in [2.05, 4.69) is 84.9 Å². The topological polar surface area (TPSA) is 77.3 Å². The first kappa shape index (κ1) is 36.1. The Bertz CT molecular complexity index is 2980. The van der Waals surface area contributed by atoms with E-state index in [-0.39, 0.29) is 0 Å². The van der Waals surface area contributed by atoms with Gasteiger partial charge in [0.2, 0.25) is 0 Å². The molecule has 0 bridgehead atoms. The second-order valence-corrected chi connectivity index (χ2v) is 15.8. The van der Waals surface area contributed by atoms with Gasteiger partial charge in [-0.15, -0.1) is 11.3 Å². The second kappa shape index (κ2) is 15.6. The van der Waals surface area contributed by atoms with E-state index >= 15 is 0 Å². The molecule has 0 aliphatic carbocycles. The number of hydrogen-bond acceptors (Lipinski definition) is 7. The summed E-state index contributed by atoms with van der Waals surface area (Å²) in [5, 5.41) is 2.48. The SMILES string of the molecule is c1ccc(-c2nc(-c3ccccc3)nc(-c3ccc(-c4ccc5sc6ccc(-c7ccc(-c8nc(-c9ccccc9)nc(-c9ccccc9)n8)cc7)cc6c5c4)cc3)n2)cc1. The van der Waals surface area contributed by atoms with Crippen LogP contribution in [0.1, 0.15) is 0 Å². The highest BCUT2D eigenvalue weighted by Crippen LogP contribution is 2.39. The minimum Gasteiger partial charge on any atom is -0.208 e. The summed E-state index contributed by atoms with van der Waals surface area (Å²) in [6.07, 6.45) is 0. The van der Waals surface area contributed by atoms with Crippen LogP contribution in [0, 0.1) is 0 Å². The molecule has 0 spiro atoms. The van der Waals surface area contributed by atoms with Gasteiger partial charge in [-0.1, -0.05) is 182 Å². The van der Waals surface area contributed by atoms with E-state index in [1.165, 1.54) is 20.2 Å². The van der Waals surface area contributed by atoms with Crippen LogP contribution < -0.4 is 0 Å². The Morgan fingerprint density at radius 1 is 0.213 bits per heavy atom. The van der Waals surface area contributed by atoms with Gasteiger partial charge in [0.05, 0.1) is 0 Å². The molecule has 0 fully saturated rings. The van der Waals surface area contributed by atoms with E-state index in [0.29, 0.717) is 34.9 Å². The Morgan fingerprint density at radius 3 is 0.721 bits per heavy atom. The summed E-state index contributed by atoms with van der Waals surface area (Å²) < 4.78 is 2.52. The molecule has 0 aliphatic heterocycles. The fourth-order valence-electron chi connectivity index (χ4n) is 7.64. The summed E-state index contributed by atoms with van der Waals surface area (Å²) in [5.41, 5.74) is 10.2. The zero-order valence-electron chi connectivity index (χ0n) is 32.7. The van der Waals surface area contributed by atoms with Gasteiger partial charge in [0, 0.05) is 53.6 Å². The number of hydrogen-bond donors (Lipinski definition) is 0. The molecule has 3 heterocycles. The highest BCUT2D eigenvalue weighted by atomic mass is 32.1. The molecule has 286 valence electrons. The van der Waals surface area contributed by atoms with E-state index in [1.54, 1.807) is 0 Å². The molecule has 0 radical (unpaired) electrons. The van der Waals surface area contributed by atoms with E-state index in [0.717, 1.165) is 55.6 Å². The minimum absolute atomic E-state index is 0.640. The van der Waals surface area contributed by atoms with Crippen LogP contribution in [0.25, 0.3) is 111 Å². The first-order valence-corrected chi connectivity index (χ1v) is 20.9. The molecule has 0 saturated heterocycles. The predicted octanol–water partition coefficient (Wildman–Crippen LogP) is 13.8. The first-order valence-electron chi connectivity index (χ1n) is 20.1. The van der Waals surface area contributed by atoms with Crippen molar-refractivity contribution in [2.24, 2.45) is 0 Å². The van der Waals surface area contributed by atoms with Crippen LogP contribution in [0.15, 0.2) is 206 Å². The van der Waals surface area contributed by atoms with Crippen LogP contribution in [-0.4, -0.2) is 29.9 Å². The Morgan fingerprint density at radius 2 is 0.443 bits per heavy atom. The standard InChI is InChI=1S/C54H34N6S/c1-5-13-37(14-6-1)49-55-50(38-15-7-2-8-16-38)58-53(57-49)41-25-21-35(22-26-41)43-29-31-47-45(33-43)46-34-44(30-32-48(46)61-47)36-23-27-42(28-24-36)54-59-51(39-17-9-3-10-18-39)56-52(60-54)40-19-11-4-12-20-40/h1-34H. The number of fused-ring (bicyclic) bond motifs is 3. The molecule has 0 atom stereocenters. The highest BCUT2D eigenvalue weighted by molar-refractivity contribution is 7.25. The third-order valence-corrected chi connectivity index (χ3v) is 12.0. The Kier molecular flexibility index (Phi) is 9.26. The molecule has 0 saturated carbocycles.